The van der Waals surface area contributed by atoms with Crippen LogP contribution >= 0.6 is 0 Å². The molecule has 2 aromatic carbocycles. The van der Waals surface area contributed by atoms with E-state index >= 15 is 0 Å². The maximum Gasteiger partial charge on any atom is 0.153 e. The van der Waals surface area contributed by atoms with Crippen molar-refractivity contribution in [1.29, 1.82) is 5.26 Å². The number of carbonyl (C=O) groups is 1. The SMILES string of the molecule is COc1ccc(COc2ccccc2C=O)cc1C#N. The molecule has 20 heavy (non-hydrogen) atoms. The highest BCUT2D eigenvalue weighted by Gasteiger charge is 2.06. The molecule has 4 heteroatoms. The van der Waals surface area contributed by atoms with Crippen molar-refractivity contribution in [2.45, 2.75) is 6.61 Å². The molecule has 2 rings (SSSR count). The van der Waals surface area contributed by atoms with Gasteiger partial charge in [0, 0.05) is 0 Å². The molecule has 0 aliphatic heterocycles. The maximum absolute atomic E-state index is 10.9. The molecule has 0 fully saturated rings. The highest BCUT2D eigenvalue weighted by molar-refractivity contribution is 5.79. The zero-order chi connectivity index (χ0) is 14.4. The molecule has 0 aliphatic rings. The molecule has 0 bridgehead atoms. The fraction of sp³-hybridized carbons (Fsp3) is 0.125. The number of benzene rings is 2. The van der Waals surface area contributed by atoms with Crippen LogP contribution < -0.4 is 9.47 Å². The lowest BCUT2D eigenvalue weighted by atomic mass is 10.1. The molecule has 4 nitrogen and oxygen atoms in total. The molecule has 100 valence electrons. The Balaban J connectivity index is 2.15. The summed E-state index contributed by atoms with van der Waals surface area (Å²) in [6.07, 6.45) is 0.754. The lowest BCUT2D eigenvalue weighted by Crippen LogP contribution is -1.99. The molecule has 0 saturated heterocycles. The first-order valence-corrected chi connectivity index (χ1v) is 6.02. The van der Waals surface area contributed by atoms with Crippen LogP contribution in [0.2, 0.25) is 0 Å². The summed E-state index contributed by atoms with van der Waals surface area (Å²) in [6.45, 7) is 0.281. The van der Waals surface area contributed by atoms with Gasteiger partial charge in [0.15, 0.2) is 6.29 Å². The van der Waals surface area contributed by atoms with Crippen LogP contribution in [0.3, 0.4) is 0 Å². The van der Waals surface area contributed by atoms with Gasteiger partial charge < -0.3 is 9.47 Å². The van der Waals surface area contributed by atoms with Crippen LogP contribution in [-0.2, 0) is 6.61 Å². The molecule has 0 heterocycles. The fourth-order valence-electron chi connectivity index (χ4n) is 1.80. The van der Waals surface area contributed by atoms with Crippen LogP contribution in [-0.4, -0.2) is 13.4 Å². The minimum atomic E-state index is 0.281. The summed E-state index contributed by atoms with van der Waals surface area (Å²) in [5.74, 6) is 1.06. The average Bonchev–Trinajstić information content (AvgIpc) is 2.52. The largest absolute Gasteiger partial charge is 0.495 e. The Labute approximate surface area is 117 Å². The maximum atomic E-state index is 10.9. The van der Waals surface area contributed by atoms with Gasteiger partial charge in [0.25, 0.3) is 0 Å². The van der Waals surface area contributed by atoms with Crippen molar-refractivity contribution in [2.24, 2.45) is 0 Å². The summed E-state index contributed by atoms with van der Waals surface area (Å²) >= 11 is 0. The predicted octanol–water partition coefficient (Wildman–Crippen LogP) is 2.96. The minimum absolute atomic E-state index is 0.281. The van der Waals surface area contributed by atoms with Gasteiger partial charge in [-0.2, -0.15) is 5.26 Å². The van der Waals surface area contributed by atoms with Gasteiger partial charge in [-0.25, -0.2) is 0 Å². The third-order valence-corrected chi connectivity index (χ3v) is 2.82. The van der Waals surface area contributed by atoms with Gasteiger partial charge in [-0.15, -0.1) is 0 Å². The molecule has 0 atom stereocenters. The van der Waals surface area contributed by atoms with E-state index in [0.29, 0.717) is 22.6 Å². The van der Waals surface area contributed by atoms with Crippen molar-refractivity contribution in [2.75, 3.05) is 7.11 Å². The second-order valence-corrected chi connectivity index (χ2v) is 4.09. The lowest BCUT2D eigenvalue weighted by molar-refractivity contribution is 0.111. The van der Waals surface area contributed by atoms with Crippen LogP contribution in [0.4, 0.5) is 0 Å². The van der Waals surface area contributed by atoms with Gasteiger partial charge in [0.05, 0.1) is 18.2 Å². The Morgan fingerprint density at radius 2 is 2.00 bits per heavy atom. The number of hydrogen-bond donors (Lipinski definition) is 0. The van der Waals surface area contributed by atoms with Gasteiger partial charge >= 0.3 is 0 Å². The first-order valence-electron chi connectivity index (χ1n) is 6.02. The molecule has 0 aromatic heterocycles. The Morgan fingerprint density at radius 3 is 2.70 bits per heavy atom. The first kappa shape index (κ1) is 13.6. The zero-order valence-electron chi connectivity index (χ0n) is 11.0. The van der Waals surface area contributed by atoms with Crippen LogP contribution in [0, 0.1) is 11.3 Å². The van der Waals surface area contributed by atoms with Crippen molar-refractivity contribution in [3.63, 3.8) is 0 Å². The predicted molar refractivity (Wildman–Crippen MR) is 73.9 cm³/mol. The summed E-state index contributed by atoms with van der Waals surface area (Å²) in [5, 5.41) is 9.02. The van der Waals surface area contributed by atoms with Crippen molar-refractivity contribution in [3.8, 4) is 17.6 Å². The number of para-hydroxylation sites is 1. The second-order valence-electron chi connectivity index (χ2n) is 4.09. The van der Waals surface area contributed by atoms with E-state index in [1.165, 1.54) is 7.11 Å². The van der Waals surface area contributed by atoms with E-state index in [1.807, 2.05) is 6.07 Å². The van der Waals surface area contributed by atoms with E-state index in [9.17, 15) is 4.79 Å². The Kier molecular flexibility index (Phi) is 4.35. The minimum Gasteiger partial charge on any atom is -0.495 e. The molecule has 0 unspecified atom stereocenters. The van der Waals surface area contributed by atoms with Crippen molar-refractivity contribution in [1.82, 2.24) is 0 Å². The molecule has 0 aliphatic carbocycles. The van der Waals surface area contributed by atoms with E-state index < -0.39 is 0 Å². The average molecular weight is 267 g/mol. The number of hydrogen-bond acceptors (Lipinski definition) is 4. The van der Waals surface area contributed by atoms with Gasteiger partial charge in [-0.3, -0.25) is 4.79 Å². The lowest BCUT2D eigenvalue weighted by Gasteiger charge is -2.09. The normalized spacial score (nSPS) is 9.60. The van der Waals surface area contributed by atoms with E-state index in [1.54, 1.807) is 36.4 Å². The van der Waals surface area contributed by atoms with Crippen LogP contribution in [0.5, 0.6) is 11.5 Å². The third kappa shape index (κ3) is 2.96. The van der Waals surface area contributed by atoms with Crippen molar-refractivity contribution >= 4 is 6.29 Å². The summed E-state index contributed by atoms with van der Waals surface area (Å²) < 4.78 is 10.7. The first-order chi connectivity index (χ1) is 9.78. The highest BCUT2D eigenvalue weighted by Crippen LogP contribution is 2.21. The van der Waals surface area contributed by atoms with E-state index in [2.05, 4.69) is 6.07 Å². The monoisotopic (exact) mass is 267 g/mol. The Morgan fingerprint density at radius 1 is 1.20 bits per heavy atom. The molecule has 0 N–H and O–H groups in total. The number of methoxy groups -OCH3 is 1. The Hall–Kier alpha value is -2.80. The van der Waals surface area contributed by atoms with E-state index in [-0.39, 0.29) is 6.61 Å². The fourth-order valence-corrected chi connectivity index (χ4v) is 1.80. The highest BCUT2D eigenvalue weighted by atomic mass is 16.5. The molecule has 0 spiro atoms. The molecule has 2 aromatic rings. The number of ether oxygens (including phenoxy) is 2. The van der Waals surface area contributed by atoms with Gasteiger partial charge in [0.2, 0.25) is 0 Å². The Bertz CT molecular complexity index is 659. The number of nitrogens with zero attached hydrogens (tertiary/aromatic N) is 1. The summed E-state index contributed by atoms with van der Waals surface area (Å²) in [4.78, 5) is 10.9. The standard InChI is InChI=1S/C16H13NO3/c1-19-15-7-6-12(8-14(15)9-17)11-20-16-5-3-2-4-13(16)10-18/h2-8,10H,11H2,1H3. The molecular formula is C16H13NO3. The second kappa shape index (κ2) is 6.39. The number of aldehydes is 1. The summed E-state index contributed by atoms with van der Waals surface area (Å²) in [6, 6.07) is 14.3. The van der Waals surface area contributed by atoms with E-state index in [0.717, 1.165) is 11.8 Å². The smallest absolute Gasteiger partial charge is 0.153 e. The van der Waals surface area contributed by atoms with Crippen LogP contribution in [0.15, 0.2) is 42.5 Å². The molecule has 0 saturated carbocycles. The number of rotatable bonds is 5. The van der Waals surface area contributed by atoms with E-state index in [4.69, 9.17) is 14.7 Å². The van der Waals surface area contributed by atoms with Crippen LogP contribution in [0.25, 0.3) is 0 Å². The van der Waals surface area contributed by atoms with Crippen molar-refractivity contribution in [3.05, 3.63) is 59.2 Å². The molecular weight excluding hydrogens is 254 g/mol. The number of nitriles is 1. The zero-order valence-corrected chi connectivity index (χ0v) is 11.0. The van der Waals surface area contributed by atoms with Gasteiger partial charge in [-0.1, -0.05) is 18.2 Å². The van der Waals surface area contributed by atoms with Crippen LogP contribution in [0.1, 0.15) is 21.5 Å². The third-order valence-electron chi connectivity index (χ3n) is 2.82. The topological polar surface area (TPSA) is 59.3 Å². The summed E-state index contributed by atoms with van der Waals surface area (Å²) in [5.41, 5.74) is 1.79. The quantitative estimate of drug-likeness (QED) is 0.781. The number of carbonyl (C=O) groups excluding carboxylic acids is 1. The summed E-state index contributed by atoms with van der Waals surface area (Å²) in [7, 11) is 1.52. The molecule has 0 amide bonds. The molecule has 0 radical (unpaired) electrons. The van der Waals surface area contributed by atoms with Gasteiger partial charge in [0.1, 0.15) is 24.2 Å². The van der Waals surface area contributed by atoms with Gasteiger partial charge in [-0.05, 0) is 29.8 Å². The van der Waals surface area contributed by atoms with Crippen molar-refractivity contribution < 1.29 is 14.3 Å².